The molecule has 8 nitrogen and oxygen atoms in total. The summed E-state index contributed by atoms with van der Waals surface area (Å²) in [5.41, 5.74) is 1.06. The highest BCUT2D eigenvalue weighted by molar-refractivity contribution is 7.88. The number of amides is 1. The number of aryl methyl sites for hydroxylation is 1. The number of aromatic nitrogens is 2. The highest BCUT2D eigenvalue weighted by atomic mass is 32.2. The van der Waals surface area contributed by atoms with Gasteiger partial charge in [-0.3, -0.25) is 9.78 Å². The first-order valence-electron chi connectivity index (χ1n) is 8.43. The number of carbonyl (C=O) groups is 1. The van der Waals surface area contributed by atoms with Gasteiger partial charge in [-0.05, 0) is 31.4 Å². The summed E-state index contributed by atoms with van der Waals surface area (Å²) >= 11 is 0. The quantitative estimate of drug-likeness (QED) is 0.781. The first kappa shape index (κ1) is 18.5. The Morgan fingerprint density at radius 3 is 2.88 bits per heavy atom. The van der Waals surface area contributed by atoms with E-state index in [9.17, 15) is 13.2 Å². The Morgan fingerprint density at radius 2 is 2.27 bits per heavy atom. The van der Waals surface area contributed by atoms with Crippen molar-refractivity contribution in [2.24, 2.45) is 0 Å². The average Bonchev–Trinajstić information content (AvgIpc) is 3.05. The molecule has 9 heteroatoms. The number of piperidine rings is 1. The summed E-state index contributed by atoms with van der Waals surface area (Å²) in [5.74, 6) is 0.331. The molecule has 0 radical (unpaired) electrons. The zero-order valence-corrected chi connectivity index (χ0v) is 15.6. The number of sulfonamides is 1. The maximum Gasteiger partial charge on any atom is 0.276 e. The number of pyridine rings is 1. The Balaban J connectivity index is 1.77. The predicted octanol–water partition coefficient (Wildman–Crippen LogP) is 1.44. The molecule has 0 aliphatic carbocycles. The van der Waals surface area contributed by atoms with Crippen LogP contribution in [0.1, 0.15) is 34.7 Å². The van der Waals surface area contributed by atoms with Crippen molar-refractivity contribution in [3.05, 3.63) is 47.6 Å². The van der Waals surface area contributed by atoms with Gasteiger partial charge in [-0.2, -0.15) is 4.31 Å². The van der Waals surface area contributed by atoms with Crippen molar-refractivity contribution in [1.29, 1.82) is 0 Å². The molecule has 26 heavy (non-hydrogen) atoms. The second-order valence-electron chi connectivity index (χ2n) is 6.54. The van der Waals surface area contributed by atoms with Crippen LogP contribution < -0.4 is 0 Å². The fourth-order valence-electron chi connectivity index (χ4n) is 3.19. The fourth-order valence-corrected chi connectivity index (χ4v) is 4.29. The monoisotopic (exact) mass is 378 g/mol. The summed E-state index contributed by atoms with van der Waals surface area (Å²) in [4.78, 5) is 18.3. The van der Waals surface area contributed by atoms with Gasteiger partial charge in [0.05, 0.1) is 6.26 Å². The first-order valence-corrected chi connectivity index (χ1v) is 10.3. The number of likely N-dealkylation sites (tertiary alicyclic amines) is 1. The average molecular weight is 378 g/mol. The van der Waals surface area contributed by atoms with Crippen LogP contribution in [0.25, 0.3) is 0 Å². The minimum atomic E-state index is -3.44. The van der Waals surface area contributed by atoms with Crippen molar-refractivity contribution < 1.29 is 17.7 Å². The SMILES string of the molecule is Cc1cc(C(=O)N2CCCC(N(Cc3cccnc3)S(C)(=O)=O)C2)no1. The zero-order chi connectivity index (χ0) is 18.7. The highest BCUT2D eigenvalue weighted by Crippen LogP contribution is 2.22. The van der Waals surface area contributed by atoms with Gasteiger partial charge in [-0.15, -0.1) is 0 Å². The van der Waals surface area contributed by atoms with Crippen molar-refractivity contribution >= 4 is 15.9 Å². The van der Waals surface area contributed by atoms with Crippen LogP contribution >= 0.6 is 0 Å². The summed E-state index contributed by atoms with van der Waals surface area (Å²) in [6.07, 6.45) is 5.93. The molecule has 1 atom stereocenters. The molecular formula is C17H22N4O4S. The summed E-state index contributed by atoms with van der Waals surface area (Å²) in [5, 5.41) is 3.77. The number of hydrogen-bond donors (Lipinski definition) is 0. The molecule has 1 aliphatic rings. The lowest BCUT2D eigenvalue weighted by atomic mass is 10.0. The minimum Gasteiger partial charge on any atom is -0.361 e. The van der Waals surface area contributed by atoms with E-state index in [1.807, 2.05) is 6.07 Å². The van der Waals surface area contributed by atoms with Crippen LogP contribution in [0.4, 0.5) is 0 Å². The van der Waals surface area contributed by atoms with Crippen LogP contribution in [0.3, 0.4) is 0 Å². The fraction of sp³-hybridized carbons (Fsp3) is 0.471. The third-order valence-corrected chi connectivity index (χ3v) is 5.70. The van der Waals surface area contributed by atoms with Crippen LogP contribution in [0.2, 0.25) is 0 Å². The van der Waals surface area contributed by atoms with Gasteiger partial charge in [-0.25, -0.2) is 8.42 Å². The van der Waals surface area contributed by atoms with E-state index >= 15 is 0 Å². The van der Waals surface area contributed by atoms with Crippen molar-refractivity contribution in [2.45, 2.75) is 32.4 Å². The van der Waals surface area contributed by atoms with E-state index < -0.39 is 10.0 Å². The van der Waals surface area contributed by atoms with Gasteiger partial charge >= 0.3 is 0 Å². The van der Waals surface area contributed by atoms with E-state index in [2.05, 4.69) is 10.1 Å². The van der Waals surface area contributed by atoms with E-state index in [0.29, 0.717) is 25.3 Å². The topological polar surface area (TPSA) is 96.6 Å². The molecule has 2 aromatic rings. The van der Waals surface area contributed by atoms with Gasteiger partial charge in [0.25, 0.3) is 5.91 Å². The molecule has 0 bridgehead atoms. The number of rotatable bonds is 5. The summed E-state index contributed by atoms with van der Waals surface area (Å²) in [7, 11) is -3.44. The lowest BCUT2D eigenvalue weighted by Crippen LogP contribution is -2.51. The second-order valence-corrected chi connectivity index (χ2v) is 8.47. The normalized spacial score (nSPS) is 18.3. The molecule has 0 N–H and O–H groups in total. The molecule has 1 unspecified atom stereocenters. The van der Waals surface area contributed by atoms with Crippen LogP contribution in [0.15, 0.2) is 35.1 Å². The van der Waals surface area contributed by atoms with Crippen molar-refractivity contribution in [3.8, 4) is 0 Å². The van der Waals surface area contributed by atoms with Gasteiger partial charge in [0.1, 0.15) is 5.76 Å². The Hall–Kier alpha value is -2.26. The molecule has 1 aliphatic heterocycles. The van der Waals surface area contributed by atoms with E-state index in [4.69, 9.17) is 4.52 Å². The molecule has 3 rings (SSSR count). The first-order chi connectivity index (χ1) is 12.3. The minimum absolute atomic E-state index is 0.235. The Bertz CT molecular complexity index is 866. The maximum absolute atomic E-state index is 12.6. The van der Waals surface area contributed by atoms with Crippen LogP contribution in [-0.4, -0.2) is 59.1 Å². The third kappa shape index (κ3) is 4.28. The van der Waals surface area contributed by atoms with Crippen molar-refractivity contribution in [1.82, 2.24) is 19.3 Å². The van der Waals surface area contributed by atoms with Crippen LogP contribution in [0.5, 0.6) is 0 Å². The maximum atomic E-state index is 12.6. The number of carbonyl (C=O) groups excluding carboxylic acids is 1. The standard InChI is InChI=1S/C17H22N4O4S/c1-13-9-16(19-25-13)17(22)20-8-4-6-15(12-20)21(26(2,23)24)11-14-5-3-7-18-10-14/h3,5,7,9-10,15H,4,6,8,11-12H2,1-2H3. The lowest BCUT2D eigenvalue weighted by molar-refractivity contribution is 0.0640. The van der Waals surface area contributed by atoms with E-state index in [1.54, 1.807) is 36.4 Å². The molecule has 2 aromatic heterocycles. The summed E-state index contributed by atoms with van der Waals surface area (Å²) < 4.78 is 31.1. The largest absolute Gasteiger partial charge is 0.361 e. The second kappa shape index (κ2) is 7.55. The van der Waals surface area contributed by atoms with Crippen molar-refractivity contribution in [2.75, 3.05) is 19.3 Å². The summed E-state index contributed by atoms with van der Waals surface area (Å²) in [6.45, 7) is 2.87. The lowest BCUT2D eigenvalue weighted by Gasteiger charge is -2.37. The van der Waals surface area contributed by atoms with Gasteiger partial charge in [0.2, 0.25) is 10.0 Å². The Labute approximate surface area is 152 Å². The molecule has 1 amide bonds. The highest BCUT2D eigenvalue weighted by Gasteiger charge is 2.33. The molecule has 1 saturated heterocycles. The number of nitrogens with zero attached hydrogens (tertiary/aromatic N) is 4. The molecule has 140 valence electrons. The molecule has 0 spiro atoms. The van der Waals surface area contributed by atoms with Crippen molar-refractivity contribution in [3.63, 3.8) is 0 Å². The van der Waals surface area contributed by atoms with E-state index in [1.165, 1.54) is 10.6 Å². The molecule has 0 aromatic carbocycles. The smallest absolute Gasteiger partial charge is 0.276 e. The van der Waals surface area contributed by atoms with Crippen LogP contribution in [0, 0.1) is 6.92 Å². The Morgan fingerprint density at radius 1 is 1.46 bits per heavy atom. The van der Waals surface area contributed by atoms with Gasteiger partial charge < -0.3 is 9.42 Å². The Kier molecular flexibility index (Phi) is 5.38. The molecule has 3 heterocycles. The molecule has 0 saturated carbocycles. The van der Waals surface area contributed by atoms with Gasteiger partial charge in [0, 0.05) is 44.1 Å². The molecular weight excluding hydrogens is 356 g/mol. The zero-order valence-electron chi connectivity index (χ0n) is 14.8. The molecule has 1 fully saturated rings. The van der Waals surface area contributed by atoms with Gasteiger partial charge in [-0.1, -0.05) is 11.2 Å². The third-order valence-electron chi connectivity index (χ3n) is 4.43. The predicted molar refractivity (Wildman–Crippen MR) is 94.8 cm³/mol. The number of hydrogen-bond acceptors (Lipinski definition) is 6. The van der Waals surface area contributed by atoms with Gasteiger partial charge in [0.15, 0.2) is 5.69 Å². The van der Waals surface area contributed by atoms with E-state index in [0.717, 1.165) is 12.0 Å². The van der Waals surface area contributed by atoms with Crippen LogP contribution in [-0.2, 0) is 16.6 Å². The van der Waals surface area contributed by atoms with E-state index in [-0.39, 0.29) is 24.2 Å². The summed E-state index contributed by atoms with van der Waals surface area (Å²) in [6, 6.07) is 4.93.